The van der Waals surface area contributed by atoms with Crippen molar-refractivity contribution >= 4 is 17.3 Å². The second kappa shape index (κ2) is 8.10. The van der Waals surface area contributed by atoms with Gasteiger partial charge in [-0.1, -0.05) is 6.07 Å². The van der Waals surface area contributed by atoms with Gasteiger partial charge in [-0.3, -0.25) is 9.69 Å². The van der Waals surface area contributed by atoms with Crippen molar-refractivity contribution in [3.63, 3.8) is 0 Å². The van der Waals surface area contributed by atoms with Crippen LogP contribution in [-0.4, -0.2) is 55.2 Å². The summed E-state index contributed by atoms with van der Waals surface area (Å²) in [6, 6.07) is 14.4. The van der Waals surface area contributed by atoms with Crippen molar-refractivity contribution < 1.29 is 14.6 Å². The fourth-order valence-electron chi connectivity index (χ4n) is 3.14. The highest BCUT2D eigenvalue weighted by Gasteiger charge is 2.25. The van der Waals surface area contributed by atoms with E-state index in [2.05, 4.69) is 15.1 Å². The Bertz CT molecular complexity index is 740. The molecule has 0 saturated carbocycles. The van der Waals surface area contributed by atoms with Crippen LogP contribution in [0.4, 0.5) is 11.4 Å². The maximum absolute atomic E-state index is 12.6. The van der Waals surface area contributed by atoms with Crippen LogP contribution in [0.1, 0.15) is 6.92 Å². The predicted molar refractivity (Wildman–Crippen MR) is 103 cm³/mol. The van der Waals surface area contributed by atoms with E-state index in [1.54, 1.807) is 19.2 Å². The molecule has 2 aromatic rings. The maximum Gasteiger partial charge on any atom is 0.241 e. The van der Waals surface area contributed by atoms with Crippen LogP contribution in [0.3, 0.4) is 0 Å². The number of carbonyl (C=O) groups excluding carboxylic acids is 1. The Labute approximate surface area is 154 Å². The van der Waals surface area contributed by atoms with Gasteiger partial charge in [0.25, 0.3) is 0 Å². The van der Waals surface area contributed by atoms with Crippen LogP contribution in [-0.2, 0) is 4.79 Å². The van der Waals surface area contributed by atoms with Gasteiger partial charge in [-0.05, 0) is 43.3 Å². The summed E-state index contributed by atoms with van der Waals surface area (Å²) in [6.45, 7) is 5.26. The average Bonchev–Trinajstić information content (AvgIpc) is 2.68. The molecule has 0 spiro atoms. The van der Waals surface area contributed by atoms with Crippen LogP contribution in [0.15, 0.2) is 48.5 Å². The number of benzene rings is 2. The number of amides is 1. The molecule has 0 radical (unpaired) electrons. The summed E-state index contributed by atoms with van der Waals surface area (Å²) in [6.07, 6.45) is 0. The third-order valence-electron chi connectivity index (χ3n) is 4.79. The number of piperazine rings is 1. The Balaban J connectivity index is 1.54. The number of carbonyl (C=O) groups is 1. The first kappa shape index (κ1) is 18.1. The van der Waals surface area contributed by atoms with Crippen molar-refractivity contribution in [1.29, 1.82) is 0 Å². The smallest absolute Gasteiger partial charge is 0.241 e. The summed E-state index contributed by atoms with van der Waals surface area (Å²) in [5.74, 6) is 0.976. The molecular formula is C20H25N3O3. The summed E-state index contributed by atoms with van der Waals surface area (Å²) >= 11 is 0. The number of rotatable bonds is 5. The van der Waals surface area contributed by atoms with Crippen molar-refractivity contribution in [3.8, 4) is 11.5 Å². The van der Waals surface area contributed by atoms with Crippen molar-refractivity contribution in [1.82, 2.24) is 4.90 Å². The lowest BCUT2D eigenvalue weighted by atomic mass is 10.2. The highest BCUT2D eigenvalue weighted by Crippen LogP contribution is 2.21. The zero-order valence-electron chi connectivity index (χ0n) is 15.2. The van der Waals surface area contributed by atoms with Gasteiger partial charge in [0.2, 0.25) is 5.91 Å². The van der Waals surface area contributed by atoms with Crippen molar-refractivity contribution in [3.05, 3.63) is 48.5 Å². The third kappa shape index (κ3) is 4.26. The average molecular weight is 355 g/mol. The fourth-order valence-corrected chi connectivity index (χ4v) is 3.14. The lowest BCUT2D eigenvalue weighted by Crippen LogP contribution is -2.52. The SMILES string of the molecule is COc1cccc(NC(=O)[C@H](C)N2CCN(c3ccc(O)cc3)CC2)c1. The number of hydrogen-bond donors (Lipinski definition) is 2. The zero-order chi connectivity index (χ0) is 18.5. The Kier molecular flexibility index (Phi) is 5.63. The van der Waals surface area contributed by atoms with Crippen LogP contribution in [0.25, 0.3) is 0 Å². The lowest BCUT2D eigenvalue weighted by Gasteiger charge is -2.38. The van der Waals surface area contributed by atoms with E-state index in [0.717, 1.165) is 43.3 Å². The molecule has 6 heteroatoms. The quantitative estimate of drug-likeness (QED) is 0.863. The van der Waals surface area contributed by atoms with Gasteiger partial charge in [0.05, 0.1) is 13.2 Å². The number of nitrogens with zero attached hydrogens (tertiary/aromatic N) is 2. The van der Waals surface area contributed by atoms with Crippen LogP contribution in [0, 0.1) is 0 Å². The molecule has 6 nitrogen and oxygen atoms in total. The standard InChI is InChI=1S/C20H25N3O3/c1-15(20(25)21-16-4-3-5-19(14-16)26-2)22-10-12-23(13-11-22)17-6-8-18(24)9-7-17/h3-9,14-15,24H,10-13H2,1-2H3,(H,21,25)/t15-/m0/s1. The van der Waals surface area contributed by atoms with Crippen molar-refractivity contribution in [2.75, 3.05) is 43.5 Å². The van der Waals surface area contributed by atoms with Gasteiger partial charge in [-0.15, -0.1) is 0 Å². The molecule has 138 valence electrons. The fraction of sp³-hybridized carbons (Fsp3) is 0.350. The minimum Gasteiger partial charge on any atom is -0.508 e. The molecule has 0 aliphatic carbocycles. The molecular weight excluding hydrogens is 330 g/mol. The van der Waals surface area contributed by atoms with E-state index in [1.165, 1.54) is 0 Å². The molecule has 0 bridgehead atoms. The summed E-state index contributed by atoms with van der Waals surface area (Å²) in [7, 11) is 1.61. The molecule has 1 heterocycles. The van der Waals surface area contributed by atoms with E-state index in [1.807, 2.05) is 43.3 Å². The monoisotopic (exact) mass is 355 g/mol. The minimum absolute atomic E-state index is 0.0173. The lowest BCUT2D eigenvalue weighted by molar-refractivity contribution is -0.120. The number of ether oxygens (including phenoxy) is 1. The molecule has 1 atom stereocenters. The normalized spacial score (nSPS) is 16.2. The van der Waals surface area contributed by atoms with Gasteiger partial charge < -0.3 is 20.1 Å². The van der Waals surface area contributed by atoms with Crippen LogP contribution < -0.4 is 15.0 Å². The zero-order valence-corrected chi connectivity index (χ0v) is 15.2. The molecule has 1 aliphatic heterocycles. The second-order valence-electron chi connectivity index (χ2n) is 6.44. The number of hydrogen-bond acceptors (Lipinski definition) is 5. The molecule has 1 amide bonds. The van der Waals surface area contributed by atoms with Crippen LogP contribution in [0.2, 0.25) is 0 Å². The van der Waals surface area contributed by atoms with Gasteiger partial charge in [-0.2, -0.15) is 0 Å². The number of methoxy groups -OCH3 is 1. The molecule has 26 heavy (non-hydrogen) atoms. The maximum atomic E-state index is 12.6. The number of phenolic OH excluding ortho intramolecular Hbond substituents is 1. The number of nitrogens with one attached hydrogen (secondary N) is 1. The highest BCUT2D eigenvalue weighted by atomic mass is 16.5. The molecule has 0 aromatic heterocycles. The Morgan fingerprint density at radius 2 is 1.81 bits per heavy atom. The van der Waals surface area contributed by atoms with Gasteiger partial charge in [0.1, 0.15) is 11.5 Å². The van der Waals surface area contributed by atoms with Crippen molar-refractivity contribution in [2.45, 2.75) is 13.0 Å². The van der Waals surface area contributed by atoms with Gasteiger partial charge in [0, 0.05) is 43.6 Å². The van der Waals surface area contributed by atoms with Gasteiger partial charge in [0.15, 0.2) is 0 Å². The summed E-state index contributed by atoms with van der Waals surface area (Å²) in [5, 5.41) is 12.4. The van der Waals surface area contributed by atoms with Crippen LogP contribution in [0.5, 0.6) is 11.5 Å². The minimum atomic E-state index is -0.205. The molecule has 2 aromatic carbocycles. The number of phenols is 1. The largest absolute Gasteiger partial charge is 0.508 e. The van der Waals surface area contributed by atoms with E-state index in [4.69, 9.17) is 4.74 Å². The summed E-state index contributed by atoms with van der Waals surface area (Å²) in [4.78, 5) is 17.0. The van der Waals surface area contributed by atoms with E-state index in [-0.39, 0.29) is 17.7 Å². The summed E-state index contributed by atoms with van der Waals surface area (Å²) < 4.78 is 5.19. The van der Waals surface area contributed by atoms with E-state index < -0.39 is 0 Å². The second-order valence-corrected chi connectivity index (χ2v) is 6.44. The van der Waals surface area contributed by atoms with Crippen LogP contribution >= 0.6 is 0 Å². The van der Waals surface area contributed by atoms with E-state index in [0.29, 0.717) is 0 Å². The number of anilines is 2. The van der Waals surface area contributed by atoms with Crippen molar-refractivity contribution in [2.24, 2.45) is 0 Å². The van der Waals surface area contributed by atoms with Gasteiger partial charge >= 0.3 is 0 Å². The Hall–Kier alpha value is -2.73. The topological polar surface area (TPSA) is 65.0 Å². The Morgan fingerprint density at radius 3 is 2.46 bits per heavy atom. The molecule has 3 rings (SSSR count). The molecule has 1 aliphatic rings. The third-order valence-corrected chi connectivity index (χ3v) is 4.79. The molecule has 0 unspecified atom stereocenters. The highest BCUT2D eigenvalue weighted by molar-refractivity contribution is 5.94. The predicted octanol–water partition coefficient (Wildman–Crippen LogP) is 2.55. The first-order valence-corrected chi connectivity index (χ1v) is 8.80. The molecule has 1 fully saturated rings. The van der Waals surface area contributed by atoms with E-state index in [9.17, 15) is 9.90 Å². The molecule has 1 saturated heterocycles. The number of aromatic hydroxyl groups is 1. The first-order chi connectivity index (χ1) is 12.6. The first-order valence-electron chi connectivity index (χ1n) is 8.80. The molecule has 2 N–H and O–H groups in total. The van der Waals surface area contributed by atoms with Gasteiger partial charge in [-0.25, -0.2) is 0 Å². The summed E-state index contributed by atoms with van der Waals surface area (Å²) in [5.41, 5.74) is 1.83. The Morgan fingerprint density at radius 1 is 1.12 bits per heavy atom. The van der Waals surface area contributed by atoms with E-state index >= 15 is 0 Å².